The fraction of sp³-hybridized carbons (Fsp3) is 0.350. The van der Waals surface area contributed by atoms with E-state index < -0.39 is 0 Å². The second-order valence-electron chi connectivity index (χ2n) is 6.75. The van der Waals surface area contributed by atoms with Crippen LogP contribution in [0.15, 0.2) is 48.9 Å². The number of urea groups is 1. The molecule has 3 aromatic rings. The summed E-state index contributed by atoms with van der Waals surface area (Å²) in [7, 11) is 0. The predicted molar refractivity (Wildman–Crippen MR) is 102 cm³/mol. The second kappa shape index (κ2) is 8.18. The average Bonchev–Trinajstić information content (AvgIpc) is 3.37. The molecule has 0 spiro atoms. The molecular formula is C20H23N5O2. The molecule has 4 rings (SSSR count). The number of rotatable bonds is 6. The van der Waals surface area contributed by atoms with Crippen LogP contribution in [0.4, 0.5) is 4.79 Å². The van der Waals surface area contributed by atoms with Crippen LogP contribution in [0.5, 0.6) is 0 Å². The minimum atomic E-state index is -0.110. The summed E-state index contributed by atoms with van der Waals surface area (Å²) in [5.41, 5.74) is 3.77. The average molecular weight is 365 g/mol. The van der Waals surface area contributed by atoms with Crippen molar-refractivity contribution in [2.75, 3.05) is 13.2 Å². The lowest BCUT2D eigenvalue weighted by Crippen LogP contribution is -2.43. The highest BCUT2D eigenvalue weighted by atomic mass is 16.5. The minimum absolute atomic E-state index is 0.0980. The highest BCUT2D eigenvalue weighted by Gasteiger charge is 2.23. The van der Waals surface area contributed by atoms with E-state index in [1.807, 2.05) is 36.4 Å². The van der Waals surface area contributed by atoms with Crippen molar-refractivity contribution in [1.82, 2.24) is 25.2 Å². The number of imidazole rings is 1. The van der Waals surface area contributed by atoms with Gasteiger partial charge >= 0.3 is 6.03 Å². The first kappa shape index (κ1) is 17.5. The number of carbonyl (C=O) groups excluding carboxylic acids is 1. The highest BCUT2D eigenvalue weighted by Crippen LogP contribution is 2.15. The smallest absolute Gasteiger partial charge is 0.318 e. The van der Waals surface area contributed by atoms with E-state index in [-0.39, 0.29) is 12.1 Å². The van der Waals surface area contributed by atoms with Gasteiger partial charge in [0.2, 0.25) is 0 Å². The van der Waals surface area contributed by atoms with Gasteiger partial charge in [0.1, 0.15) is 0 Å². The molecule has 1 aliphatic heterocycles. The minimum Gasteiger partial charge on any atom is -0.376 e. The molecule has 2 amide bonds. The standard InChI is InChI=1S/C20H23N5O2/c26-20(22-11-15-6-7-18-19(10-15)24-14-23-18)25(13-17-5-3-9-27-17)12-16-4-1-2-8-21-16/h1-2,4,6-8,10,14,17H,3,5,9,11-13H2,(H,22,26)(H,23,24)/t17-/m0/s1. The molecule has 0 aliphatic carbocycles. The number of H-pyrrole nitrogens is 1. The Labute approximate surface area is 157 Å². The number of ether oxygens (including phenoxy) is 1. The third-order valence-electron chi connectivity index (χ3n) is 4.74. The number of amides is 2. The van der Waals surface area contributed by atoms with E-state index >= 15 is 0 Å². The molecule has 7 nitrogen and oxygen atoms in total. The molecule has 3 heterocycles. The summed E-state index contributed by atoms with van der Waals surface area (Å²) in [6.45, 7) is 2.26. The van der Waals surface area contributed by atoms with Gasteiger partial charge in [0.25, 0.3) is 0 Å². The largest absolute Gasteiger partial charge is 0.376 e. The number of nitrogens with one attached hydrogen (secondary N) is 2. The summed E-state index contributed by atoms with van der Waals surface area (Å²) in [6.07, 6.45) is 5.55. The van der Waals surface area contributed by atoms with Gasteiger partial charge in [-0.3, -0.25) is 4.98 Å². The topological polar surface area (TPSA) is 83.1 Å². The number of fused-ring (bicyclic) bond motifs is 1. The molecule has 1 atom stereocenters. The fourth-order valence-electron chi connectivity index (χ4n) is 3.32. The Morgan fingerprint density at radius 3 is 3.07 bits per heavy atom. The monoisotopic (exact) mass is 365 g/mol. The Hall–Kier alpha value is -2.93. The number of hydrogen-bond donors (Lipinski definition) is 2. The maximum absolute atomic E-state index is 12.8. The number of benzene rings is 1. The van der Waals surface area contributed by atoms with E-state index in [1.54, 1.807) is 17.4 Å². The van der Waals surface area contributed by atoms with Crippen LogP contribution in [0.2, 0.25) is 0 Å². The lowest BCUT2D eigenvalue weighted by molar-refractivity contribution is 0.0791. The third-order valence-corrected chi connectivity index (χ3v) is 4.74. The van der Waals surface area contributed by atoms with Crippen LogP contribution in [0.3, 0.4) is 0 Å². The van der Waals surface area contributed by atoms with Crippen LogP contribution >= 0.6 is 0 Å². The summed E-state index contributed by atoms with van der Waals surface area (Å²) >= 11 is 0. The van der Waals surface area contributed by atoms with Crippen LogP contribution in [0.1, 0.15) is 24.1 Å². The van der Waals surface area contributed by atoms with E-state index in [9.17, 15) is 4.79 Å². The van der Waals surface area contributed by atoms with Crippen molar-refractivity contribution >= 4 is 17.1 Å². The Balaban J connectivity index is 1.41. The summed E-state index contributed by atoms with van der Waals surface area (Å²) in [5.74, 6) is 0. The van der Waals surface area contributed by atoms with Crippen LogP contribution in [0, 0.1) is 0 Å². The highest BCUT2D eigenvalue weighted by molar-refractivity contribution is 5.76. The predicted octanol–water partition coefficient (Wildman–Crippen LogP) is 2.85. The summed E-state index contributed by atoms with van der Waals surface area (Å²) < 4.78 is 5.72. The number of carbonyl (C=O) groups is 1. The molecule has 0 unspecified atom stereocenters. The first-order chi connectivity index (χ1) is 13.3. The van der Waals surface area contributed by atoms with Gasteiger partial charge in [-0.05, 0) is 42.7 Å². The van der Waals surface area contributed by atoms with Crippen LogP contribution in [0.25, 0.3) is 11.0 Å². The van der Waals surface area contributed by atoms with E-state index in [4.69, 9.17) is 4.74 Å². The number of nitrogens with zero attached hydrogens (tertiary/aromatic N) is 3. The molecule has 27 heavy (non-hydrogen) atoms. The number of aromatic amines is 1. The van der Waals surface area contributed by atoms with E-state index in [0.29, 0.717) is 19.6 Å². The molecule has 2 aromatic heterocycles. The van der Waals surface area contributed by atoms with Crippen molar-refractivity contribution in [3.63, 3.8) is 0 Å². The van der Waals surface area contributed by atoms with Crippen LogP contribution in [-0.2, 0) is 17.8 Å². The quantitative estimate of drug-likeness (QED) is 0.704. The van der Waals surface area contributed by atoms with Gasteiger partial charge in [-0.25, -0.2) is 9.78 Å². The fourth-order valence-corrected chi connectivity index (χ4v) is 3.32. The zero-order valence-corrected chi connectivity index (χ0v) is 15.1. The normalized spacial score (nSPS) is 16.5. The second-order valence-corrected chi connectivity index (χ2v) is 6.75. The molecule has 0 bridgehead atoms. The Bertz CT molecular complexity index is 890. The third kappa shape index (κ3) is 4.43. The lowest BCUT2D eigenvalue weighted by Gasteiger charge is -2.25. The van der Waals surface area contributed by atoms with Gasteiger partial charge in [-0.2, -0.15) is 0 Å². The number of pyridine rings is 1. The molecule has 140 valence electrons. The van der Waals surface area contributed by atoms with Gasteiger partial charge in [-0.15, -0.1) is 0 Å². The SMILES string of the molecule is O=C(NCc1ccc2nc[nH]c2c1)N(Cc1ccccn1)C[C@@H]1CCCO1. The summed E-state index contributed by atoms with van der Waals surface area (Å²) in [6, 6.07) is 11.6. The Kier molecular flexibility index (Phi) is 5.29. The van der Waals surface area contributed by atoms with E-state index in [1.165, 1.54) is 0 Å². The van der Waals surface area contributed by atoms with Crippen LogP contribution < -0.4 is 5.32 Å². The van der Waals surface area contributed by atoms with Crippen molar-refractivity contribution in [2.24, 2.45) is 0 Å². The summed E-state index contributed by atoms with van der Waals surface area (Å²) in [5, 5.41) is 3.02. The van der Waals surface area contributed by atoms with Gasteiger partial charge in [0.05, 0.1) is 35.7 Å². The van der Waals surface area contributed by atoms with Gasteiger partial charge < -0.3 is 19.9 Å². The Morgan fingerprint density at radius 1 is 1.30 bits per heavy atom. The molecular weight excluding hydrogens is 342 g/mol. The van der Waals surface area contributed by atoms with Gasteiger partial charge in [0.15, 0.2) is 0 Å². The van der Waals surface area contributed by atoms with Crippen molar-refractivity contribution < 1.29 is 9.53 Å². The molecule has 1 aromatic carbocycles. The summed E-state index contributed by atoms with van der Waals surface area (Å²) in [4.78, 5) is 26.3. The first-order valence-electron chi connectivity index (χ1n) is 9.24. The zero-order chi connectivity index (χ0) is 18.5. The molecule has 2 N–H and O–H groups in total. The maximum atomic E-state index is 12.8. The molecule has 1 fully saturated rings. The molecule has 7 heteroatoms. The van der Waals surface area contributed by atoms with Crippen molar-refractivity contribution in [1.29, 1.82) is 0 Å². The lowest BCUT2D eigenvalue weighted by atomic mass is 10.2. The molecule has 0 radical (unpaired) electrons. The first-order valence-corrected chi connectivity index (χ1v) is 9.24. The van der Waals surface area contributed by atoms with Gasteiger partial charge in [0, 0.05) is 25.9 Å². The van der Waals surface area contributed by atoms with Crippen molar-refractivity contribution in [2.45, 2.75) is 32.0 Å². The van der Waals surface area contributed by atoms with E-state index in [2.05, 4.69) is 20.3 Å². The Morgan fingerprint density at radius 2 is 2.26 bits per heavy atom. The van der Waals surface area contributed by atoms with E-state index in [0.717, 1.165) is 41.7 Å². The number of aromatic nitrogens is 3. The molecule has 0 saturated carbocycles. The van der Waals surface area contributed by atoms with Gasteiger partial charge in [-0.1, -0.05) is 12.1 Å². The van der Waals surface area contributed by atoms with Crippen LogP contribution in [-0.4, -0.2) is 45.1 Å². The van der Waals surface area contributed by atoms with Crippen molar-refractivity contribution in [3.05, 3.63) is 60.2 Å². The molecule has 1 saturated heterocycles. The maximum Gasteiger partial charge on any atom is 0.318 e. The number of hydrogen-bond acceptors (Lipinski definition) is 4. The zero-order valence-electron chi connectivity index (χ0n) is 15.1. The van der Waals surface area contributed by atoms with Crippen molar-refractivity contribution in [3.8, 4) is 0 Å². The molecule has 1 aliphatic rings.